The topological polar surface area (TPSA) is 58.6 Å². The van der Waals surface area contributed by atoms with Crippen LogP contribution in [0, 0.1) is 0 Å². The van der Waals surface area contributed by atoms with E-state index < -0.39 is 0 Å². The fraction of sp³-hybridized carbons (Fsp3) is 0.133. The van der Waals surface area contributed by atoms with E-state index in [0.29, 0.717) is 22.4 Å². The van der Waals surface area contributed by atoms with E-state index in [-0.39, 0.29) is 11.7 Å². The summed E-state index contributed by atoms with van der Waals surface area (Å²) in [5.74, 6) is 0.459. The Bertz CT molecular complexity index is 608. The molecule has 0 atom stereocenters. The zero-order valence-corrected chi connectivity index (χ0v) is 10.8. The van der Waals surface area contributed by atoms with Gasteiger partial charge in [0.2, 0.25) is 0 Å². The number of methoxy groups -OCH3 is 1. The van der Waals surface area contributed by atoms with Gasteiger partial charge in [0.15, 0.2) is 0 Å². The molecule has 4 nitrogen and oxygen atoms in total. The van der Waals surface area contributed by atoms with Crippen LogP contribution in [-0.4, -0.2) is 25.2 Å². The molecule has 0 heterocycles. The standard InChI is InChI=1S/C15H15NO3/c1-16-15(18)13-6-4-3-5-11(13)12-8-7-10(19-2)9-14(12)17/h3-9,17H,1-2H3,(H,16,18). The monoisotopic (exact) mass is 257 g/mol. The van der Waals surface area contributed by atoms with Gasteiger partial charge in [0, 0.05) is 24.2 Å². The molecule has 2 N–H and O–H groups in total. The second-order valence-corrected chi connectivity index (χ2v) is 4.01. The van der Waals surface area contributed by atoms with Gasteiger partial charge in [0.1, 0.15) is 11.5 Å². The maximum Gasteiger partial charge on any atom is 0.251 e. The average Bonchev–Trinajstić information content (AvgIpc) is 2.46. The summed E-state index contributed by atoms with van der Waals surface area (Å²) in [4.78, 5) is 11.8. The molecule has 4 heteroatoms. The van der Waals surface area contributed by atoms with Crippen LogP contribution in [0.5, 0.6) is 11.5 Å². The summed E-state index contributed by atoms with van der Waals surface area (Å²) >= 11 is 0. The van der Waals surface area contributed by atoms with Crippen molar-refractivity contribution in [2.24, 2.45) is 0 Å². The molecule has 2 aromatic rings. The van der Waals surface area contributed by atoms with Crippen molar-refractivity contribution in [3.63, 3.8) is 0 Å². The van der Waals surface area contributed by atoms with Gasteiger partial charge >= 0.3 is 0 Å². The molecule has 2 rings (SSSR count). The summed E-state index contributed by atoms with van der Waals surface area (Å²) in [5.41, 5.74) is 1.80. The minimum atomic E-state index is -0.189. The first kappa shape index (κ1) is 13.0. The number of hydrogen-bond acceptors (Lipinski definition) is 3. The summed E-state index contributed by atoms with van der Waals surface area (Å²) < 4.78 is 5.05. The van der Waals surface area contributed by atoms with E-state index in [1.165, 1.54) is 13.2 Å². The Morgan fingerprint density at radius 3 is 2.53 bits per heavy atom. The minimum absolute atomic E-state index is 0.0794. The fourth-order valence-corrected chi connectivity index (χ4v) is 1.92. The first-order valence-corrected chi connectivity index (χ1v) is 5.86. The quantitative estimate of drug-likeness (QED) is 0.887. The van der Waals surface area contributed by atoms with Gasteiger partial charge in [-0.25, -0.2) is 0 Å². The Labute approximate surface area is 111 Å². The number of phenols is 1. The number of hydrogen-bond donors (Lipinski definition) is 2. The molecule has 0 spiro atoms. The van der Waals surface area contributed by atoms with Crippen LogP contribution in [0.1, 0.15) is 10.4 Å². The van der Waals surface area contributed by atoms with Crippen molar-refractivity contribution in [2.45, 2.75) is 0 Å². The van der Waals surface area contributed by atoms with E-state index in [9.17, 15) is 9.90 Å². The number of carbonyl (C=O) groups is 1. The van der Waals surface area contributed by atoms with E-state index in [2.05, 4.69) is 5.32 Å². The van der Waals surface area contributed by atoms with Crippen molar-refractivity contribution in [1.29, 1.82) is 0 Å². The molecule has 98 valence electrons. The van der Waals surface area contributed by atoms with E-state index in [0.717, 1.165) is 0 Å². The highest BCUT2D eigenvalue weighted by Gasteiger charge is 2.14. The van der Waals surface area contributed by atoms with Crippen LogP contribution in [0.25, 0.3) is 11.1 Å². The highest BCUT2D eigenvalue weighted by atomic mass is 16.5. The maximum absolute atomic E-state index is 11.8. The summed E-state index contributed by atoms with van der Waals surface area (Å²) in [6, 6.07) is 12.1. The van der Waals surface area contributed by atoms with E-state index in [1.807, 2.05) is 6.07 Å². The first-order valence-electron chi connectivity index (χ1n) is 5.86. The van der Waals surface area contributed by atoms with Crippen molar-refractivity contribution in [3.8, 4) is 22.6 Å². The van der Waals surface area contributed by atoms with Crippen LogP contribution in [0.15, 0.2) is 42.5 Å². The highest BCUT2D eigenvalue weighted by Crippen LogP contribution is 2.34. The molecule has 19 heavy (non-hydrogen) atoms. The van der Waals surface area contributed by atoms with E-state index in [4.69, 9.17) is 4.74 Å². The summed E-state index contributed by atoms with van der Waals surface area (Å²) in [5, 5.41) is 12.6. The second-order valence-electron chi connectivity index (χ2n) is 4.01. The van der Waals surface area contributed by atoms with Crippen LogP contribution >= 0.6 is 0 Å². The lowest BCUT2D eigenvalue weighted by Crippen LogP contribution is -2.18. The predicted molar refractivity (Wildman–Crippen MR) is 73.5 cm³/mol. The molecule has 0 saturated carbocycles. The Kier molecular flexibility index (Phi) is 3.71. The Morgan fingerprint density at radius 2 is 1.89 bits per heavy atom. The van der Waals surface area contributed by atoms with Gasteiger partial charge in [0.05, 0.1) is 7.11 Å². The summed E-state index contributed by atoms with van der Waals surface area (Å²) in [6.07, 6.45) is 0. The average molecular weight is 257 g/mol. The fourth-order valence-electron chi connectivity index (χ4n) is 1.92. The second kappa shape index (κ2) is 5.44. The maximum atomic E-state index is 11.8. The molecule has 0 radical (unpaired) electrons. The van der Waals surface area contributed by atoms with Crippen LogP contribution < -0.4 is 10.1 Å². The molecule has 0 aromatic heterocycles. The third kappa shape index (κ3) is 2.52. The Balaban J connectivity index is 2.56. The van der Waals surface area contributed by atoms with E-state index >= 15 is 0 Å². The van der Waals surface area contributed by atoms with Gasteiger partial charge in [-0.1, -0.05) is 18.2 Å². The largest absolute Gasteiger partial charge is 0.507 e. The molecule has 0 aliphatic carbocycles. The van der Waals surface area contributed by atoms with Crippen molar-refractivity contribution in [3.05, 3.63) is 48.0 Å². The minimum Gasteiger partial charge on any atom is -0.507 e. The summed E-state index contributed by atoms with van der Waals surface area (Å²) in [7, 11) is 3.11. The number of phenolic OH excluding ortho intramolecular Hbond substituents is 1. The lowest BCUT2D eigenvalue weighted by atomic mass is 9.98. The molecular weight excluding hydrogens is 242 g/mol. The SMILES string of the molecule is CNC(=O)c1ccccc1-c1ccc(OC)cc1O. The molecule has 0 aliphatic heterocycles. The lowest BCUT2D eigenvalue weighted by molar-refractivity contribution is 0.0964. The van der Waals surface area contributed by atoms with Crippen molar-refractivity contribution < 1.29 is 14.6 Å². The van der Waals surface area contributed by atoms with Crippen molar-refractivity contribution >= 4 is 5.91 Å². The van der Waals surface area contributed by atoms with Gasteiger partial charge in [0.25, 0.3) is 5.91 Å². The molecule has 0 fully saturated rings. The summed E-state index contributed by atoms with van der Waals surface area (Å²) in [6.45, 7) is 0. The van der Waals surface area contributed by atoms with Gasteiger partial charge < -0.3 is 15.2 Å². The molecule has 0 aliphatic rings. The van der Waals surface area contributed by atoms with Crippen LogP contribution in [0.2, 0.25) is 0 Å². The van der Waals surface area contributed by atoms with Crippen LogP contribution in [-0.2, 0) is 0 Å². The molecule has 0 unspecified atom stereocenters. The number of ether oxygens (including phenoxy) is 1. The van der Waals surface area contributed by atoms with Crippen LogP contribution in [0.3, 0.4) is 0 Å². The predicted octanol–water partition coefficient (Wildman–Crippen LogP) is 2.43. The van der Waals surface area contributed by atoms with Crippen molar-refractivity contribution in [2.75, 3.05) is 14.2 Å². The van der Waals surface area contributed by atoms with Gasteiger partial charge in [-0.2, -0.15) is 0 Å². The van der Waals surface area contributed by atoms with Crippen LogP contribution in [0.4, 0.5) is 0 Å². The lowest BCUT2D eigenvalue weighted by Gasteiger charge is -2.11. The molecule has 2 aromatic carbocycles. The third-order valence-corrected chi connectivity index (χ3v) is 2.89. The number of nitrogens with one attached hydrogen (secondary N) is 1. The number of aromatic hydroxyl groups is 1. The molecule has 0 saturated heterocycles. The van der Waals surface area contributed by atoms with Crippen molar-refractivity contribution in [1.82, 2.24) is 5.32 Å². The molecular formula is C15H15NO3. The number of benzene rings is 2. The third-order valence-electron chi connectivity index (χ3n) is 2.89. The Morgan fingerprint density at radius 1 is 1.16 bits per heavy atom. The highest BCUT2D eigenvalue weighted by molar-refractivity contribution is 6.01. The molecule has 1 amide bonds. The number of amides is 1. The smallest absolute Gasteiger partial charge is 0.251 e. The zero-order valence-electron chi connectivity index (χ0n) is 10.8. The van der Waals surface area contributed by atoms with Gasteiger partial charge in [-0.05, 0) is 23.8 Å². The molecule has 0 bridgehead atoms. The van der Waals surface area contributed by atoms with E-state index in [1.54, 1.807) is 37.4 Å². The normalized spacial score (nSPS) is 10.0. The number of rotatable bonds is 3. The van der Waals surface area contributed by atoms with Gasteiger partial charge in [-0.15, -0.1) is 0 Å². The first-order chi connectivity index (χ1) is 9.17. The zero-order chi connectivity index (χ0) is 13.8. The van der Waals surface area contributed by atoms with Gasteiger partial charge in [-0.3, -0.25) is 4.79 Å². The number of carbonyl (C=O) groups excluding carboxylic acids is 1. The Hall–Kier alpha value is -2.49.